The molecule has 0 saturated carbocycles. The van der Waals surface area contributed by atoms with Gasteiger partial charge in [-0.15, -0.1) is 0 Å². The van der Waals surface area contributed by atoms with Crippen LogP contribution in [-0.2, 0) is 13.5 Å². The first-order valence-electron chi connectivity index (χ1n) is 6.41. The SMILES string of the molecule is CNC(Cc1ncnn1C)c1cc(OC)ccc1OC. The maximum Gasteiger partial charge on any atom is 0.138 e. The third-order valence-corrected chi connectivity index (χ3v) is 3.35. The standard InChI is InChI=1S/C14H20N4O2/c1-15-12(8-14-16-9-17-18(14)2)11-7-10(19-3)5-6-13(11)20-4/h5-7,9,12,15H,8H2,1-4H3. The van der Waals surface area contributed by atoms with Crippen LogP contribution in [0.5, 0.6) is 11.5 Å². The fourth-order valence-corrected chi connectivity index (χ4v) is 2.17. The van der Waals surface area contributed by atoms with E-state index in [9.17, 15) is 0 Å². The summed E-state index contributed by atoms with van der Waals surface area (Å²) in [6, 6.07) is 5.85. The summed E-state index contributed by atoms with van der Waals surface area (Å²) in [4.78, 5) is 4.27. The smallest absolute Gasteiger partial charge is 0.138 e. The van der Waals surface area contributed by atoms with Crippen molar-refractivity contribution in [1.29, 1.82) is 0 Å². The molecule has 0 saturated heterocycles. The summed E-state index contributed by atoms with van der Waals surface area (Å²) in [6.45, 7) is 0. The molecule has 1 unspecified atom stereocenters. The van der Waals surface area contributed by atoms with E-state index in [1.807, 2.05) is 32.3 Å². The molecule has 1 aromatic carbocycles. The van der Waals surface area contributed by atoms with E-state index in [4.69, 9.17) is 9.47 Å². The zero-order valence-electron chi connectivity index (χ0n) is 12.3. The molecule has 108 valence electrons. The van der Waals surface area contributed by atoms with E-state index in [0.717, 1.165) is 29.3 Å². The lowest BCUT2D eigenvalue weighted by Crippen LogP contribution is -2.21. The fraction of sp³-hybridized carbons (Fsp3) is 0.429. The van der Waals surface area contributed by atoms with Crippen molar-refractivity contribution in [1.82, 2.24) is 20.1 Å². The van der Waals surface area contributed by atoms with Crippen LogP contribution in [0.2, 0.25) is 0 Å². The van der Waals surface area contributed by atoms with E-state index in [2.05, 4.69) is 15.4 Å². The van der Waals surface area contributed by atoms with Crippen LogP contribution in [0.4, 0.5) is 0 Å². The van der Waals surface area contributed by atoms with Crippen LogP contribution in [0.1, 0.15) is 17.4 Å². The summed E-state index contributed by atoms with van der Waals surface area (Å²) in [7, 11) is 7.13. The Morgan fingerprint density at radius 1 is 1.30 bits per heavy atom. The average Bonchev–Trinajstić information content (AvgIpc) is 2.89. The zero-order chi connectivity index (χ0) is 14.5. The molecule has 1 heterocycles. The zero-order valence-corrected chi connectivity index (χ0v) is 12.3. The molecular formula is C14H20N4O2. The summed E-state index contributed by atoms with van der Waals surface area (Å²) < 4.78 is 12.5. The lowest BCUT2D eigenvalue weighted by molar-refractivity contribution is 0.390. The third-order valence-electron chi connectivity index (χ3n) is 3.35. The van der Waals surface area contributed by atoms with E-state index >= 15 is 0 Å². The van der Waals surface area contributed by atoms with Gasteiger partial charge in [-0.05, 0) is 25.2 Å². The maximum atomic E-state index is 5.44. The summed E-state index contributed by atoms with van der Waals surface area (Å²) in [6.07, 6.45) is 2.28. The number of hydrogen-bond donors (Lipinski definition) is 1. The van der Waals surface area contributed by atoms with Gasteiger partial charge in [0.1, 0.15) is 23.7 Å². The van der Waals surface area contributed by atoms with E-state index in [1.165, 1.54) is 0 Å². The molecule has 1 atom stereocenters. The van der Waals surface area contributed by atoms with Crippen LogP contribution in [0.15, 0.2) is 24.5 Å². The van der Waals surface area contributed by atoms with E-state index < -0.39 is 0 Å². The minimum absolute atomic E-state index is 0.0722. The predicted molar refractivity (Wildman–Crippen MR) is 76.1 cm³/mol. The molecular weight excluding hydrogens is 256 g/mol. The van der Waals surface area contributed by atoms with Crippen LogP contribution in [0.3, 0.4) is 0 Å². The minimum Gasteiger partial charge on any atom is -0.497 e. The second-order valence-corrected chi connectivity index (χ2v) is 4.45. The molecule has 0 bridgehead atoms. The first kappa shape index (κ1) is 14.3. The summed E-state index contributed by atoms with van der Waals surface area (Å²) in [5.41, 5.74) is 1.04. The average molecular weight is 276 g/mol. The highest BCUT2D eigenvalue weighted by Crippen LogP contribution is 2.30. The molecule has 2 rings (SSSR count). The largest absolute Gasteiger partial charge is 0.497 e. The molecule has 0 fully saturated rings. The van der Waals surface area contributed by atoms with Crippen LogP contribution < -0.4 is 14.8 Å². The van der Waals surface area contributed by atoms with Crippen molar-refractivity contribution in [2.24, 2.45) is 7.05 Å². The fourth-order valence-electron chi connectivity index (χ4n) is 2.17. The van der Waals surface area contributed by atoms with Crippen molar-refractivity contribution in [2.75, 3.05) is 21.3 Å². The van der Waals surface area contributed by atoms with Gasteiger partial charge in [0, 0.05) is 25.1 Å². The van der Waals surface area contributed by atoms with Crippen LogP contribution in [0, 0.1) is 0 Å². The van der Waals surface area contributed by atoms with Gasteiger partial charge in [-0.2, -0.15) is 5.10 Å². The van der Waals surface area contributed by atoms with E-state index in [0.29, 0.717) is 0 Å². The van der Waals surface area contributed by atoms with Crippen LogP contribution >= 0.6 is 0 Å². The number of benzene rings is 1. The lowest BCUT2D eigenvalue weighted by Gasteiger charge is -2.19. The molecule has 2 aromatic rings. The Kier molecular flexibility index (Phi) is 4.57. The van der Waals surface area contributed by atoms with Gasteiger partial charge in [0.25, 0.3) is 0 Å². The molecule has 0 aliphatic heterocycles. The van der Waals surface area contributed by atoms with Crippen molar-refractivity contribution >= 4 is 0 Å². The number of methoxy groups -OCH3 is 2. The Bertz CT molecular complexity index is 568. The molecule has 0 radical (unpaired) electrons. The molecule has 1 aromatic heterocycles. The molecule has 1 N–H and O–H groups in total. The van der Waals surface area contributed by atoms with Gasteiger partial charge < -0.3 is 14.8 Å². The number of aromatic nitrogens is 3. The van der Waals surface area contributed by atoms with Gasteiger partial charge >= 0.3 is 0 Å². The number of hydrogen-bond acceptors (Lipinski definition) is 5. The Morgan fingerprint density at radius 3 is 2.65 bits per heavy atom. The number of nitrogens with zero attached hydrogens (tertiary/aromatic N) is 3. The number of nitrogens with one attached hydrogen (secondary N) is 1. The number of rotatable bonds is 6. The number of likely N-dealkylation sites (N-methyl/N-ethyl adjacent to an activating group) is 1. The first-order valence-corrected chi connectivity index (χ1v) is 6.41. The van der Waals surface area contributed by atoms with E-state index in [-0.39, 0.29) is 6.04 Å². The van der Waals surface area contributed by atoms with E-state index in [1.54, 1.807) is 25.2 Å². The molecule has 0 aliphatic rings. The molecule has 0 amide bonds. The highest BCUT2D eigenvalue weighted by molar-refractivity contribution is 5.42. The van der Waals surface area contributed by atoms with Crippen LogP contribution in [0.25, 0.3) is 0 Å². The Hall–Kier alpha value is -2.08. The van der Waals surface area contributed by atoms with Crippen molar-refractivity contribution < 1.29 is 9.47 Å². The Labute approximate surface area is 118 Å². The molecule has 0 spiro atoms. The number of aryl methyl sites for hydroxylation is 1. The second kappa shape index (κ2) is 6.38. The van der Waals surface area contributed by atoms with Gasteiger partial charge in [-0.25, -0.2) is 4.98 Å². The van der Waals surface area contributed by atoms with Gasteiger partial charge in [0.15, 0.2) is 0 Å². The van der Waals surface area contributed by atoms with Crippen molar-refractivity contribution in [3.63, 3.8) is 0 Å². The topological polar surface area (TPSA) is 61.2 Å². The molecule has 6 heteroatoms. The quantitative estimate of drug-likeness (QED) is 0.862. The second-order valence-electron chi connectivity index (χ2n) is 4.45. The molecule has 6 nitrogen and oxygen atoms in total. The monoisotopic (exact) mass is 276 g/mol. The Balaban J connectivity index is 2.33. The van der Waals surface area contributed by atoms with Crippen LogP contribution in [-0.4, -0.2) is 36.0 Å². The third kappa shape index (κ3) is 2.91. The van der Waals surface area contributed by atoms with Crippen molar-refractivity contribution in [3.8, 4) is 11.5 Å². The highest BCUT2D eigenvalue weighted by atomic mass is 16.5. The molecule has 20 heavy (non-hydrogen) atoms. The normalized spacial score (nSPS) is 12.2. The van der Waals surface area contributed by atoms with Gasteiger partial charge in [-0.3, -0.25) is 4.68 Å². The first-order chi connectivity index (χ1) is 9.69. The van der Waals surface area contributed by atoms with Gasteiger partial charge in [0.2, 0.25) is 0 Å². The Morgan fingerprint density at radius 2 is 2.10 bits per heavy atom. The number of ether oxygens (including phenoxy) is 2. The summed E-state index contributed by atoms with van der Waals surface area (Å²) in [5.74, 6) is 2.54. The molecule has 0 aliphatic carbocycles. The minimum atomic E-state index is 0.0722. The van der Waals surface area contributed by atoms with Crippen molar-refractivity contribution in [3.05, 3.63) is 35.9 Å². The summed E-state index contributed by atoms with van der Waals surface area (Å²) in [5, 5.41) is 7.39. The van der Waals surface area contributed by atoms with Crippen molar-refractivity contribution in [2.45, 2.75) is 12.5 Å². The van der Waals surface area contributed by atoms with Gasteiger partial charge in [-0.1, -0.05) is 0 Å². The highest BCUT2D eigenvalue weighted by Gasteiger charge is 2.18. The van der Waals surface area contributed by atoms with Gasteiger partial charge in [0.05, 0.1) is 14.2 Å². The predicted octanol–water partition coefficient (Wildman–Crippen LogP) is 1.34. The lowest BCUT2D eigenvalue weighted by atomic mass is 10.0. The maximum absolute atomic E-state index is 5.44. The summed E-state index contributed by atoms with van der Waals surface area (Å²) >= 11 is 0.